The minimum absolute atomic E-state index is 0.184. The van der Waals surface area contributed by atoms with E-state index in [1.165, 1.54) is 0 Å². The van der Waals surface area contributed by atoms with Gasteiger partial charge in [-0.1, -0.05) is 6.07 Å². The van der Waals surface area contributed by atoms with Crippen molar-refractivity contribution in [2.24, 2.45) is 0 Å². The molecular weight excluding hydrogens is 214 g/mol. The molecule has 4 nitrogen and oxygen atoms in total. The van der Waals surface area contributed by atoms with Crippen LogP contribution in [0.2, 0.25) is 0 Å². The maximum Gasteiger partial charge on any atom is 0.264 e. The minimum atomic E-state index is -3.81. The fraction of sp³-hybridized carbons (Fsp3) is 0.300. The van der Waals surface area contributed by atoms with Gasteiger partial charge in [-0.15, -0.1) is 0 Å². The number of pyridine rings is 1. The highest BCUT2D eigenvalue weighted by Gasteiger charge is 2.01. The highest BCUT2D eigenvalue weighted by molar-refractivity contribution is 7.85. The number of nitrogens with zero attached hydrogens (tertiary/aromatic N) is 1. The van der Waals surface area contributed by atoms with E-state index in [0.717, 1.165) is 0 Å². The summed E-state index contributed by atoms with van der Waals surface area (Å²) in [5.41, 5.74) is 0. The highest BCUT2D eigenvalue weighted by atomic mass is 32.2. The molecule has 0 aliphatic rings. The van der Waals surface area contributed by atoms with Crippen molar-refractivity contribution >= 4 is 16.3 Å². The van der Waals surface area contributed by atoms with Gasteiger partial charge in [0.2, 0.25) is 0 Å². The Morgan fingerprint density at radius 2 is 1.87 bits per heavy atom. The molecule has 1 N–H and O–H groups in total. The van der Waals surface area contributed by atoms with Crippen LogP contribution in [0.4, 0.5) is 0 Å². The van der Waals surface area contributed by atoms with Crippen LogP contribution in [0.1, 0.15) is 12.8 Å². The first-order chi connectivity index (χ1) is 7.08. The third kappa shape index (κ3) is 5.98. The summed E-state index contributed by atoms with van der Waals surface area (Å²) < 4.78 is 31.1. The number of hydrogen-bond donors (Lipinski definition) is 1. The second-order valence-corrected chi connectivity index (χ2v) is 4.71. The molecule has 0 bridgehead atoms. The van der Waals surface area contributed by atoms with Gasteiger partial charge in [-0.25, -0.2) is 0 Å². The lowest BCUT2D eigenvalue weighted by Crippen LogP contribution is -2.23. The molecule has 0 amide bonds. The van der Waals surface area contributed by atoms with Crippen molar-refractivity contribution in [2.45, 2.75) is 12.8 Å². The highest BCUT2D eigenvalue weighted by Crippen LogP contribution is 1.94. The summed E-state index contributed by atoms with van der Waals surface area (Å²) in [4.78, 5) is 0. The lowest BCUT2D eigenvalue weighted by atomic mass is 10.3. The monoisotopic (exact) mass is 228 g/mol. The molecule has 5 heteroatoms. The molecule has 1 aromatic rings. The van der Waals surface area contributed by atoms with Crippen LogP contribution in [0.3, 0.4) is 0 Å². The van der Waals surface area contributed by atoms with Gasteiger partial charge in [0.25, 0.3) is 10.1 Å². The third-order valence-electron chi connectivity index (χ3n) is 1.79. The smallest absolute Gasteiger partial charge is 0.264 e. The second kappa shape index (κ2) is 5.63. The van der Waals surface area contributed by atoms with Crippen LogP contribution >= 0.6 is 0 Å². The summed E-state index contributed by atoms with van der Waals surface area (Å²) in [6, 6.07) is 5.73. The third-order valence-corrected chi connectivity index (χ3v) is 2.59. The first kappa shape index (κ1) is 11.9. The van der Waals surface area contributed by atoms with Crippen molar-refractivity contribution < 1.29 is 17.5 Å². The zero-order valence-corrected chi connectivity index (χ0v) is 9.10. The quantitative estimate of drug-likeness (QED) is 0.466. The van der Waals surface area contributed by atoms with Crippen molar-refractivity contribution in [1.29, 1.82) is 0 Å². The zero-order chi connectivity index (χ0) is 11.1. The average molecular weight is 228 g/mol. The number of unbranched alkanes of at least 4 members (excludes halogenated alkanes) is 1. The Balaban J connectivity index is 2.30. The van der Waals surface area contributed by atoms with Crippen LogP contribution in [0, 0.1) is 0 Å². The number of rotatable bonds is 5. The van der Waals surface area contributed by atoms with Crippen LogP contribution in [-0.2, 0) is 10.1 Å². The molecule has 0 unspecified atom stereocenters. The van der Waals surface area contributed by atoms with E-state index in [0.29, 0.717) is 12.8 Å². The molecule has 0 aliphatic heterocycles. The Bertz CT molecular complexity index is 412. The van der Waals surface area contributed by atoms with Gasteiger partial charge in [0.1, 0.15) is 0 Å². The van der Waals surface area contributed by atoms with Crippen molar-refractivity contribution in [3.63, 3.8) is 0 Å². The Morgan fingerprint density at radius 3 is 2.47 bits per heavy atom. The van der Waals surface area contributed by atoms with Crippen molar-refractivity contribution in [3.05, 3.63) is 36.7 Å². The van der Waals surface area contributed by atoms with Crippen LogP contribution in [0.25, 0.3) is 6.20 Å². The first-order valence-corrected chi connectivity index (χ1v) is 6.26. The number of hydrogen-bond acceptors (Lipinski definition) is 2. The van der Waals surface area contributed by atoms with Gasteiger partial charge in [-0.3, -0.25) is 4.55 Å². The summed E-state index contributed by atoms with van der Waals surface area (Å²) in [6.45, 7) is 0. The van der Waals surface area contributed by atoms with Crippen LogP contribution in [-0.4, -0.2) is 18.7 Å². The van der Waals surface area contributed by atoms with E-state index < -0.39 is 10.1 Å². The lowest BCUT2D eigenvalue weighted by molar-refractivity contribution is -0.568. The zero-order valence-electron chi connectivity index (χ0n) is 8.28. The molecule has 82 valence electrons. The van der Waals surface area contributed by atoms with Gasteiger partial charge in [-0.05, 0) is 18.9 Å². The van der Waals surface area contributed by atoms with E-state index in [4.69, 9.17) is 4.55 Å². The maximum atomic E-state index is 10.4. The standard InChI is InChI=1S/C10H13NO3S/c12-15(13,14)10-6-2-5-9-11-7-3-1-4-8-11/h1,3-5,7-9H,2,6,10H2/p+1. The maximum absolute atomic E-state index is 10.4. The van der Waals surface area contributed by atoms with Crippen LogP contribution in [0.15, 0.2) is 36.7 Å². The Labute approximate surface area is 89.6 Å². The average Bonchev–Trinajstić information content (AvgIpc) is 2.17. The summed E-state index contributed by atoms with van der Waals surface area (Å²) in [5, 5.41) is 0. The van der Waals surface area contributed by atoms with Crippen molar-refractivity contribution in [1.82, 2.24) is 0 Å². The van der Waals surface area contributed by atoms with E-state index >= 15 is 0 Å². The second-order valence-electron chi connectivity index (χ2n) is 3.14. The Morgan fingerprint density at radius 1 is 1.20 bits per heavy atom. The Kier molecular flexibility index (Phi) is 4.45. The normalized spacial score (nSPS) is 12.1. The number of allylic oxidation sites excluding steroid dienone is 1. The van der Waals surface area contributed by atoms with Gasteiger partial charge in [0.15, 0.2) is 18.6 Å². The van der Waals surface area contributed by atoms with Crippen molar-refractivity contribution in [3.8, 4) is 0 Å². The molecular formula is C10H14NO3S+. The molecule has 1 aromatic heterocycles. The van der Waals surface area contributed by atoms with Gasteiger partial charge in [-0.2, -0.15) is 13.0 Å². The molecule has 0 fully saturated rings. The summed E-state index contributed by atoms with van der Waals surface area (Å²) in [5.74, 6) is -0.184. The largest absolute Gasteiger partial charge is 0.286 e. The predicted molar refractivity (Wildman–Crippen MR) is 57.6 cm³/mol. The van der Waals surface area contributed by atoms with E-state index in [-0.39, 0.29) is 5.75 Å². The van der Waals surface area contributed by atoms with Crippen LogP contribution < -0.4 is 4.57 Å². The van der Waals surface area contributed by atoms with Gasteiger partial charge >= 0.3 is 0 Å². The topological polar surface area (TPSA) is 58.3 Å². The van der Waals surface area contributed by atoms with Gasteiger partial charge in [0.05, 0.1) is 5.75 Å². The molecule has 1 heterocycles. The van der Waals surface area contributed by atoms with Gasteiger partial charge in [0, 0.05) is 12.1 Å². The predicted octanol–water partition coefficient (Wildman–Crippen LogP) is 1.11. The van der Waals surface area contributed by atoms with Crippen molar-refractivity contribution in [2.75, 3.05) is 5.75 Å². The molecule has 1 rings (SSSR count). The molecule has 0 aromatic carbocycles. The number of aromatic nitrogens is 1. The van der Waals surface area contributed by atoms with E-state index in [2.05, 4.69) is 0 Å². The van der Waals surface area contributed by atoms with Crippen LogP contribution in [0.5, 0.6) is 0 Å². The molecule has 15 heavy (non-hydrogen) atoms. The van der Waals surface area contributed by atoms with E-state index in [9.17, 15) is 8.42 Å². The fourth-order valence-electron chi connectivity index (χ4n) is 1.09. The molecule has 0 aliphatic carbocycles. The van der Waals surface area contributed by atoms with E-state index in [1.807, 2.05) is 47.4 Å². The SMILES string of the molecule is O=S(=O)(O)CCCC=C[n+]1ccccc1. The molecule has 0 radical (unpaired) electrons. The molecule has 0 saturated carbocycles. The molecule has 0 saturated heterocycles. The first-order valence-electron chi connectivity index (χ1n) is 4.65. The lowest BCUT2D eigenvalue weighted by Gasteiger charge is -1.92. The van der Waals surface area contributed by atoms with E-state index in [1.54, 1.807) is 0 Å². The fourth-order valence-corrected chi connectivity index (χ4v) is 1.62. The van der Waals surface area contributed by atoms with Gasteiger partial charge < -0.3 is 0 Å². The summed E-state index contributed by atoms with van der Waals surface area (Å²) in [6.07, 6.45) is 8.55. The summed E-state index contributed by atoms with van der Waals surface area (Å²) >= 11 is 0. The molecule has 0 spiro atoms. The molecule has 0 atom stereocenters. The Hall–Kier alpha value is -1.20. The minimum Gasteiger partial charge on any atom is -0.286 e. The summed E-state index contributed by atoms with van der Waals surface area (Å²) in [7, 11) is -3.81.